The fourth-order valence-corrected chi connectivity index (χ4v) is 3.41. The highest BCUT2D eigenvalue weighted by Gasteiger charge is 2.55. The summed E-state index contributed by atoms with van der Waals surface area (Å²) < 4.78 is 4.94. The highest BCUT2D eigenvalue weighted by atomic mass is 16.5. The number of rotatable bonds is 2. The molecule has 1 saturated heterocycles. The molecule has 1 heterocycles. The van der Waals surface area contributed by atoms with Crippen molar-refractivity contribution in [3.8, 4) is 0 Å². The zero-order valence-electron chi connectivity index (χ0n) is 13.1. The first-order chi connectivity index (χ1) is 8.47. The molecule has 110 valence electrons. The topological polar surface area (TPSA) is 58.6 Å². The number of carbonyl (C=O) groups is 2. The second kappa shape index (κ2) is 4.78. The Bertz CT molecular complexity index is 370. The van der Waals surface area contributed by atoms with E-state index >= 15 is 0 Å². The number of likely N-dealkylation sites (tertiary alicyclic amines) is 1. The molecule has 0 aromatic heterocycles. The molecule has 1 fully saturated rings. The van der Waals surface area contributed by atoms with Crippen LogP contribution in [-0.4, -0.2) is 47.6 Å². The third kappa shape index (κ3) is 2.91. The lowest BCUT2D eigenvalue weighted by molar-refractivity contribution is -0.161. The summed E-state index contributed by atoms with van der Waals surface area (Å²) in [6, 6.07) is 0. The number of methoxy groups -OCH3 is 1. The van der Waals surface area contributed by atoms with Crippen molar-refractivity contribution in [2.75, 3.05) is 14.2 Å². The van der Waals surface area contributed by atoms with Gasteiger partial charge in [-0.25, -0.2) is 4.79 Å². The van der Waals surface area contributed by atoms with Crippen molar-refractivity contribution in [1.82, 2.24) is 10.2 Å². The Morgan fingerprint density at radius 3 is 1.84 bits per heavy atom. The number of ether oxygens (including phenoxy) is 1. The van der Waals surface area contributed by atoms with Gasteiger partial charge >= 0.3 is 5.97 Å². The number of hydrogen-bond donors (Lipinski definition) is 1. The molecule has 1 N–H and O–H groups in total. The van der Waals surface area contributed by atoms with Crippen molar-refractivity contribution in [2.24, 2.45) is 0 Å². The summed E-state index contributed by atoms with van der Waals surface area (Å²) in [5.74, 6) is -0.571. The van der Waals surface area contributed by atoms with Gasteiger partial charge in [0.15, 0.2) is 0 Å². The van der Waals surface area contributed by atoms with Crippen LogP contribution in [-0.2, 0) is 14.3 Å². The van der Waals surface area contributed by atoms with E-state index in [9.17, 15) is 9.59 Å². The molecule has 5 nitrogen and oxygen atoms in total. The first-order valence-electron chi connectivity index (χ1n) is 6.58. The Morgan fingerprint density at radius 1 is 1.11 bits per heavy atom. The molecule has 0 aliphatic carbocycles. The largest absolute Gasteiger partial charge is 0.467 e. The van der Waals surface area contributed by atoms with E-state index in [1.54, 1.807) is 0 Å². The van der Waals surface area contributed by atoms with E-state index in [4.69, 9.17) is 4.74 Å². The SMILES string of the molecule is COC(=O)C1(NC(C)=O)CC(C)(C)N(C)C(C)(C)C1. The summed E-state index contributed by atoms with van der Waals surface area (Å²) in [7, 11) is 3.42. The molecule has 0 bridgehead atoms. The lowest BCUT2D eigenvalue weighted by Gasteiger charge is -2.57. The fraction of sp³-hybridized carbons (Fsp3) is 0.857. The lowest BCUT2D eigenvalue weighted by atomic mass is 9.69. The summed E-state index contributed by atoms with van der Waals surface area (Å²) in [4.78, 5) is 26.0. The van der Waals surface area contributed by atoms with Gasteiger partial charge in [0.25, 0.3) is 0 Å². The number of esters is 1. The van der Waals surface area contributed by atoms with Gasteiger partial charge < -0.3 is 10.1 Å². The van der Waals surface area contributed by atoms with Crippen molar-refractivity contribution < 1.29 is 14.3 Å². The van der Waals surface area contributed by atoms with Crippen molar-refractivity contribution in [3.05, 3.63) is 0 Å². The Kier molecular flexibility index (Phi) is 4.01. The van der Waals surface area contributed by atoms with Crippen molar-refractivity contribution in [2.45, 2.75) is 64.1 Å². The van der Waals surface area contributed by atoms with Crippen LogP contribution in [0.4, 0.5) is 0 Å². The molecule has 0 spiro atoms. The van der Waals surface area contributed by atoms with Gasteiger partial charge in [-0.1, -0.05) is 0 Å². The molecule has 1 rings (SSSR count). The summed E-state index contributed by atoms with van der Waals surface area (Å²) >= 11 is 0. The zero-order chi connectivity index (χ0) is 15.1. The Labute approximate surface area is 115 Å². The van der Waals surface area contributed by atoms with E-state index in [2.05, 4.69) is 45.0 Å². The van der Waals surface area contributed by atoms with Crippen molar-refractivity contribution in [1.29, 1.82) is 0 Å². The lowest BCUT2D eigenvalue weighted by Crippen LogP contribution is -2.70. The molecule has 0 radical (unpaired) electrons. The molecule has 1 aliphatic rings. The predicted octanol–water partition coefficient (Wildman–Crippen LogP) is 1.32. The number of piperidine rings is 1. The van der Waals surface area contributed by atoms with Gasteiger partial charge in [0.05, 0.1) is 7.11 Å². The van der Waals surface area contributed by atoms with Gasteiger partial charge in [0.2, 0.25) is 5.91 Å². The van der Waals surface area contributed by atoms with Crippen LogP contribution in [0.25, 0.3) is 0 Å². The zero-order valence-corrected chi connectivity index (χ0v) is 13.1. The quantitative estimate of drug-likeness (QED) is 0.769. The number of nitrogens with one attached hydrogen (secondary N) is 1. The maximum Gasteiger partial charge on any atom is 0.331 e. The average Bonchev–Trinajstić information content (AvgIpc) is 2.22. The number of carbonyl (C=O) groups excluding carboxylic acids is 2. The maximum absolute atomic E-state index is 12.3. The Hall–Kier alpha value is -1.10. The minimum Gasteiger partial charge on any atom is -0.467 e. The van der Waals surface area contributed by atoms with E-state index in [1.807, 2.05) is 0 Å². The second-order valence-corrected chi connectivity index (χ2v) is 6.79. The predicted molar refractivity (Wildman–Crippen MR) is 73.7 cm³/mol. The van der Waals surface area contributed by atoms with E-state index in [0.717, 1.165) is 0 Å². The molecular formula is C14H26N2O3. The molecule has 19 heavy (non-hydrogen) atoms. The Morgan fingerprint density at radius 2 is 1.53 bits per heavy atom. The van der Waals surface area contributed by atoms with Crippen LogP contribution in [0, 0.1) is 0 Å². The van der Waals surface area contributed by atoms with Crippen LogP contribution in [0.2, 0.25) is 0 Å². The molecule has 0 aromatic carbocycles. The first-order valence-corrected chi connectivity index (χ1v) is 6.58. The molecule has 0 atom stereocenters. The van der Waals surface area contributed by atoms with E-state index in [1.165, 1.54) is 14.0 Å². The minimum absolute atomic E-state index is 0.207. The summed E-state index contributed by atoms with van der Waals surface area (Å²) in [5, 5.41) is 2.84. The van der Waals surface area contributed by atoms with Crippen LogP contribution in [0.15, 0.2) is 0 Å². The van der Waals surface area contributed by atoms with Gasteiger partial charge in [-0.05, 0) is 47.6 Å². The molecule has 0 unspecified atom stereocenters. The van der Waals surface area contributed by atoms with Gasteiger partial charge in [-0.3, -0.25) is 9.69 Å². The summed E-state index contributed by atoms with van der Waals surface area (Å²) in [6.45, 7) is 9.74. The van der Waals surface area contributed by atoms with Crippen LogP contribution >= 0.6 is 0 Å². The van der Waals surface area contributed by atoms with Crippen LogP contribution in [0.1, 0.15) is 47.5 Å². The van der Waals surface area contributed by atoms with Gasteiger partial charge in [-0.2, -0.15) is 0 Å². The number of hydrogen-bond acceptors (Lipinski definition) is 4. The molecular weight excluding hydrogens is 244 g/mol. The van der Waals surface area contributed by atoms with Gasteiger partial charge in [0, 0.05) is 18.0 Å². The number of nitrogens with zero attached hydrogens (tertiary/aromatic N) is 1. The Balaban J connectivity index is 3.25. The van der Waals surface area contributed by atoms with E-state index in [-0.39, 0.29) is 23.0 Å². The third-order valence-corrected chi connectivity index (χ3v) is 4.28. The van der Waals surface area contributed by atoms with Crippen LogP contribution in [0.3, 0.4) is 0 Å². The molecule has 5 heteroatoms. The molecule has 0 saturated carbocycles. The molecule has 0 aromatic rings. The third-order valence-electron chi connectivity index (χ3n) is 4.28. The summed E-state index contributed by atoms with van der Waals surface area (Å²) in [6.07, 6.45) is 1.07. The van der Waals surface area contributed by atoms with E-state index < -0.39 is 5.54 Å². The summed E-state index contributed by atoms with van der Waals surface area (Å²) in [5.41, 5.74) is -1.36. The van der Waals surface area contributed by atoms with E-state index in [0.29, 0.717) is 12.8 Å². The molecule has 1 aliphatic heterocycles. The van der Waals surface area contributed by atoms with Crippen molar-refractivity contribution >= 4 is 11.9 Å². The molecule has 1 amide bonds. The first kappa shape index (κ1) is 16.0. The fourth-order valence-electron chi connectivity index (χ4n) is 3.41. The highest BCUT2D eigenvalue weighted by molar-refractivity contribution is 5.87. The van der Waals surface area contributed by atoms with Gasteiger partial charge in [0.1, 0.15) is 5.54 Å². The standard InChI is InChI=1S/C14H26N2O3/c1-10(17)15-14(11(18)19-7)8-12(2,3)16(6)13(4,5)9-14/h8-9H2,1-7H3,(H,15,17). The second-order valence-electron chi connectivity index (χ2n) is 6.79. The van der Waals surface area contributed by atoms with Gasteiger partial charge in [-0.15, -0.1) is 0 Å². The minimum atomic E-state index is -0.944. The van der Waals surface area contributed by atoms with Crippen LogP contribution < -0.4 is 5.32 Å². The number of amides is 1. The van der Waals surface area contributed by atoms with Crippen molar-refractivity contribution in [3.63, 3.8) is 0 Å². The smallest absolute Gasteiger partial charge is 0.331 e. The highest BCUT2D eigenvalue weighted by Crippen LogP contribution is 2.42. The maximum atomic E-state index is 12.3. The average molecular weight is 270 g/mol. The monoisotopic (exact) mass is 270 g/mol. The normalized spacial score (nSPS) is 24.6. The van der Waals surface area contributed by atoms with Crippen LogP contribution in [0.5, 0.6) is 0 Å².